The van der Waals surface area contributed by atoms with E-state index in [1.165, 1.54) is 7.11 Å². The number of nitrogens with zero attached hydrogens (tertiary/aromatic N) is 2. The number of hydrogen-bond acceptors (Lipinski definition) is 6. The van der Waals surface area contributed by atoms with E-state index >= 15 is 0 Å². The molecule has 0 saturated carbocycles. The van der Waals surface area contributed by atoms with E-state index in [0.29, 0.717) is 34.4 Å². The lowest BCUT2D eigenvalue weighted by Gasteiger charge is -2.26. The van der Waals surface area contributed by atoms with Crippen LogP contribution in [0.4, 0.5) is 5.69 Å². The number of furan rings is 1. The highest BCUT2D eigenvalue weighted by Crippen LogP contribution is 2.43. The van der Waals surface area contributed by atoms with Gasteiger partial charge in [-0.05, 0) is 73.7 Å². The maximum atomic E-state index is 12.3. The number of aromatic nitrogens is 1. The molecule has 1 N–H and O–H groups in total. The Morgan fingerprint density at radius 2 is 1.83 bits per heavy atom. The molecule has 0 unspecified atom stereocenters. The molecule has 8 heteroatoms. The average molecular weight is 500 g/mol. The monoisotopic (exact) mass is 499 g/mol. The van der Waals surface area contributed by atoms with Gasteiger partial charge in [0.05, 0.1) is 31.0 Å². The number of carbonyl (C=O) groups is 1. The summed E-state index contributed by atoms with van der Waals surface area (Å²) in [5, 5.41) is 3.99. The average Bonchev–Trinajstić information content (AvgIpc) is 3.54. The van der Waals surface area contributed by atoms with E-state index in [0.717, 1.165) is 17.1 Å². The second kappa shape index (κ2) is 10.2. The van der Waals surface area contributed by atoms with Crippen LogP contribution in [0.25, 0.3) is 11.3 Å². The van der Waals surface area contributed by atoms with Crippen LogP contribution in [0.3, 0.4) is 0 Å². The third kappa shape index (κ3) is 4.43. The van der Waals surface area contributed by atoms with Gasteiger partial charge in [-0.3, -0.25) is 4.98 Å². The van der Waals surface area contributed by atoms with Crippen molar-refractivity contribution >= 4 is 29.0 Å². The first-order chi connectivity index (χ1) is 17.6. The van der Waals surface area contributed by atoms with Crippen molar-refractivity contribution in [2.45, 2.75) is 19.0 Å². The van der Waals surface area contributed by atoms with Crippen LogP contribution in [0, 0.1) is 0 Å². The third-order valence-corrected chi connectivity index (χ3v) is 6.35. The SMILES string of the molecule is CCOc1ccc(N2C(=S)N[C@@H](c3ccccn3)[C@@H]2c2ccc(-c3ccccc3C(=O)OC)o2)cc1. The topological polar surface area (TPSA) is 76.8 Å². The summed E-state index contributed by atoms with van der Waals surface area (Å²) in [5.74, 6) is 1.61. The first kappa shape index (κ1) is 23.6. The summed E-state index contributed by atoms with van der Waals surface area (Å²) in [4.78, 5) is 19.0. The molecular formula is C28H25N3O4S. The van der Waals surface area contributed by atoms with E-state index in [4.69, 9.17) is 26.1 Å². The van der Waals surface area contributed by atoms with Crippen LogP contribution in [-0.4, -0.2) is 29.8 Å². The van der Waals surface area contributed by atoms with Crippen molar-refractivity contribution in [1.82, 2.24) is 10.3 Å². The number of anilines is 1. The maximum Gasteiger partial charge on any atom is 0.338 e. The van der Waals surface area contributed by atoms with Crippen LogP contribution in [0.5, 0.6) is 5.75 Å². The first-order valence-electron chi connectivity index (χ1n) is 11.6. The van der Waals surface area contributed by atoms with E-state index in [9.17, 15) is 4.79 Å². The van der Waals surface area contributed by atoms with Crippen molar-refractivity contribution in [3.63, 3.8) is 0 Å². The number of methoxy groups -OCH3 is 1. The zero-order valence-electron chi connectivity index (χ0n) is 19.9. The van der Waals surface area contributed by atoms with E-state index in [1.807, 2.05) is 78.6 Å². The smallest absolute Gasteiger partial charge is 0.338 e. The summed E-state index contributed by atoms with van der Waals surface area (Å²) in [6.07, 6.45) is 1.76. The number of pyridine rings is 1. The number of hydrogen-bond donors (Lipinski definition) is 1. The molecule has 2 atom stereocenters. The lowest BCUT2D eigenvalue weighted by atomic mass is 10.0. The van der Waals surface area contributed by atoms with Gasteiger partial charge in [-0.25, -0.2) is 4.79 Å². The van der Waals surface area contributed by atoms with Crippen LogP contribution in [0.15, 0.2) is 89.5 Å². The summed E-state index contributed by atoms with van der Waals surface area (Å²) >= 11 is 5.78. The Bertz CT molecular complexity index is 1370. The minimum absolute atomic E-state index is 0.250. The van der Waals surface area contributed by atoms with Crippen molar-refractivity contribution < 1.29 is 18.7 Å². The second-order valence-electron chi connectivity index (χ2n) is 8.16. The van der Waals surface area contributed by atoms with Crippen LogP contribution in [0.1, 0.15) is 40.8 Å². The van der Waals surface area contributed by atoms with Gasteiger partial charge >= 0.3 is 5.97 Å². The number of esters is 1. The summed E-state index contributed by atoms with van der Waals surface area (Å²) in [6.45, 7) is 2.55. The molecule has 3 heterocycles. The summed E-state index contributed by atoms with van der Waals surface area (Å²) in [7, 11) is 1.37. The molecule has 0 radical (unpaired) electrons. The molecule has 1 saturated heterocycles. The Hall–Kier alpha value is -4.17. The van der Waals surface area contributed by atoms with Crippen molar-refractivity contribution in [3.05, 3.63) is 102 Å². The number of thiocarbonyl (C=S) groups is 1. The van der Waals surface area contributed by atoms with Crippen molar-refractivity contribution in [1.29, 1.82) is 0 Å². The standard InChI is InChI=1S/C28H25N3O4S/c1-3-34-19-13-11-18(12-14-19)31-26(25(30-28(31)36)22-10-6-7-17-29-22)24-16-15-23(35-24)20-8-4-5-9-21(20)27(32)33-2/h4-17,25-26H,3H2,1-2H3,(H,30,36)/t25-,26-/m0/s1. The molecule has 0 amide bonds. The Labute approximate surface area is 214 Å². The molecular weight excluding hydrogens is 474 g/mol. The van der Waals surface area contributed by atoms with E-state index in [1.54, 1.807) is 18.3 Å². The summed E-state index contributed by atoms with van der Waals surface area (Å²) in [6, 6.07) is 24.0. The molecule has 182 valence electrons. The highest BCUT2D eigenvalue weighted by molar-refractivity contribution is 7.80. The molecule has 0 aliphatic carbocycles. The molecule has 1 fully saturated rings. The fraction of sp³-hybridized carbons (Fsp3) is 0.179. The molecule has 7 nitrogen and oxygen atoms in total. The number of ether oxygens (including phenoxy) is 2. The molecule has 4 aromatic rings. The molecule has 5 rings (SSSR count). The number of benzene rings is 2. The van der Waals surface area contributed by atoms with Crippen LogP contribution in [-0.2, 0) is 4.74 Å². The van der Waals surface area contributed by atoms with Gasteiger partial charge < -0.3 is 24.1 Å². The van der Waals surface area contributed by atoms with E-state index in [2.05, 4.69) is 10.3 Å². The van der Waals surface area contributed by atoms with Crippen LogP contribution < -0.4 is 15.0 Å². The van der Waals surface area contributed by atoms with Crippen molar-refractivity contribution in [2.24, 2.45) is 0 Å². The molecule has 2 aromatic heterocycles. The largest absolute Gasteiger partial charge is 0.494 e. The van der Waals surface area contributed by atoms with Crippen LogP contribution in [0.2, 0.25) is 0 Å². The van der Waals surface area contributed by atoms with Gasteiger partial charge in [0.1, 0.15) is 23.3 Å². The number of carbonyl (C=O) groups excluding carboxylic acids is 1. The minimum Gasteiger partial charge on any atom is -0.494 e. The Morgan fingerprint density at radius 3 is 2.56 bits per heavy atom. The predicted octanol–water partition coefficient (Wildman–Crippen LogP) is 5.70. The summed E-state index contributed by atoms with van der Waals surface area (Å²) < 4.78 is 17.0. The van der Waals surface area contributed by atoms with E-state index < -0.39 is 5.97 Å². The zero-order valence-corrected chi connectivity index (χ0v) is 20.7. The van der Waals surface area contributed by atoms with Gasteiger partial charge in [-0.1, -0.05) is 24.3 Å². The summed E-state index contributed by atoms with van der Waals surface area (Å²) in [5.41, 5.74) is 2.83. The highest BCUT2D eigenvalue weighted by atomic mass is 32.1. The van der Waals surface area contributed by atoms with Gasteiger partial charge in [-0.15, -0.1) is 0 Å². The maximum absolute atomic E-state index is 12.3. The minimum atomic E-state index is -0.422. The second-order valence-corrected chi connectivity index (χ2v) is 8.55. The molecule has 1 aliphatic heterocycles. The van der Waals surface area contributed by atoms with Gasteiger partial charge in [0.15, 0.2) is 5.11 Å². The highest BCUT2D eigenvalue weighted by Gasteiger charge is 2.42. The van der Waals surface area contributed by atoms with Gasteiger partial charge in [0.25, 0.3) is 0 Å². The normalized spacial score (nSPS) is 17.1. The number of rotatable bonds is 7. The van der Waals surface area contributed by atoms with Gasteiger partial charge in [0, 0.05) is 17.4 Å². The van der Waals surface area contributed by atoms with Gasteiger partial charge in [-0.2, -0.15) is 0 Å². The Balaban J connectivity index is 1.58. The molecule has 1 aliphatic rings. The lowest BCUT2D eigenvalue weighted by molar-refractivity contribution is 0.0601. The molecule has 2 aromatic carbocycles. The van der Waals surface area contributed by atoms with Gasteiger partial charge in [0.2, 0.25) is 0 Å². The Morgan fingerprint density at radius 1 is 1.06 bits per heavy atom. The van der Waals surface area contributed by atoms with Crippen molar-refractivity contribution in [2.75, 3.05) is 18.6 Å². The van der Waals surface area contributed by atoms with E-state index in [-0.39, 0.29) is 12.1 Å². The quantitative estimate of drug-likeness (QED) is 0.256. The Kier molecular flexibility index (Phi) is 6.69. The predicted molar refractivity (Wildman–Crippen MR) is 141 cm³/mol. The fourth-order valence-corrected chi connectivity index (χ4v) is 4.78. The molecule has 0 spiro atoms. The molecule has 0 bridgehead atoms. The zero-order chi connectivity index (χ0) is 25.1. The third-order valence-electron chi connectivity index (χ3n) is 6.04. The fourth-order valence-electron chi connectivity index (χ4n) is 4.43. The van der Waals surface area contributed by atoms with Crippen molar-refractivity contribution in [3.8, 4) is 17.1 Å². The molecule has 36 heavy (non-hydrogen) atoms. The number of nitrogens with one attached hydrogen (secondary N) is 1. The lowest BCUT2D eigenvalue weighted by Crippen LogP contribution is -2.29. The van der Waals surface area contributed by atoms with Crippen LogP contribution >= 0.6 is 12.2 Å². The first-order valence-corrected chi connectivity index (χ1v) is 12.0.